The maximum atomic E-state index is 6.38. The van der Waals surface area contributed by atoms with Crippen molar-refractivity contribution >= 4 is 11.6 Å². The van der Waals surface area contributed by atoms with Gasteiger partial charge in [-0.25, -0.2) is 0 Å². The van der Waals surface area contributed by atoms with Gasteiger partial charge in [-0.1, -0.05) is 18.5 Å². The molecule has 0 aliphatic carbocycles. The van der Waals surface area contributed by atoms with Gasteiger partial charge < -0.3 is 19.5 Å². The van der Waals surface area contributed by atoms with Crippen LogP contribution in [-0.2, 0) is 4.74 Å². The Morgan fingerprint density at radius 3 is 2.67 bits per heavy atom. The standard InChI is InChI=1S/C16H24ClNO3/c1-5-18-15(11-8-10(2)21-9-11)12-6-7-13(19-3)14(17)16(12)20-4/h6-7,10-11,15,18H,5,8-9H2,1-4H3. The van der Waals surface area contributed by atoms with Crippen molar-refractivity contribution in [1.29, 1.82) is 0 Å². The lowest BCUT2D eigenvalue weighted by atomic mass is 9.90. The van der Waals surface area contributed by atoms with E-state index in [1.54, 1.807) is 14.2 Å². The number of methoxy groups -OCH3 is 2. The molecule has 3 atom stereocenters. The Morgan fingerprint density at radius 2 is 2.14 bits per heavy atom. The van der Waals surface area contributed by atoms with Gasteiger partial charge in [0, 0.05) is 17.5 Å². The molecule has 1 fully saturated rings. The fraction of sp³-hybridized carbons (Fsp3) is 0.625. The summed E-state index contributed by atoms with van der Waals surface area (Å²) in [5.41, 5.74) is 1.06. The molecule has 21 heavy (non-hydrogen) atoms. The lowest BCUT2D eigenvalue weighted by Gasteiger charge is -2.26. The van der Waals surface area contributed by atoms with Crippen LogP contribution in [0.4, 0.5) is 0 Å². The first-order chi connectivity index (χ1) is 10.1. The van der Waals surface area contributed by atoms with Crippen LogP contribution < -0.4 is 14.8 Å². The van der Waals surface area contributed by atoms with E-state index in [1.165, 1.54) is 0 Å². The van der Waals surface area contributed by atoms with E-state index in [-0.39, 0.29) is 6.04 Å². The molecule has 118 valence electrons. The number of benzene rings is 1. The van der Waals surface area contributed by atoms with Gasteiger partial charge in [-0.15, -0.1) is 0 Å². The predicted octanol–water partition coefficient (Wildman–Crippen LogP) is 3.43. The number of ether oxygens (including phenoxy) is 3. The molecule has 0 bridgehead atoms. The van der Waals surface area contributed by atoms with E-state index in [2.05, 4.69) is 19.2 Å². The molecule has 3 unspecified atom stereocenters. The Bertz CT molecular complexity index is 481. The molecular formula is C16H24ClNO3. The molecule has 0 amide bonds. The normalized spacial score (nSPS) is 23.1. The number of halogens is 1. The first-order valence-corrected chi connectivity index (χ1v) is 7.75. The average Bonchev–Trinajstić information content (AvgIpc) is 2.91. The Balaban J connectivity index is 2.37. The first-order valence-electron chi connectivity index (χ1n) is 7.37. The van der Waals surface area contributed by atoms with Crippen LogP contribution in [0.15, 0.2) is 12.1 Å². The zero-order valence-electron chi connectivity index (χ0n) is 13.1. The average molecular weight is 314 g/mol. The molecule has 1 aromatic carbocycles. The summed E-state index contributed by atoms with van der Waals surface area (Å²) in [5, 5.41) is 4.06. The Labute approximate surface area is 131 Å². The summed E-state index contributed by atoms with van der Waals surface area (Å²) in [6.45, 7) is 5.85. The lowest BCUT2D eigenvalue weighted by Crippen LogP contribution is -2.29. The third-order valence-electron chi connectivity index (χ3n) is 3.98. The summed E-state index contributed by atoms with van der Waals surface area (Å²) in [6, 6.07) is 4.09. The molecule has 1 aliphatic heterocycles. The molecule has 0 aromatic heterocycles. The second-order valence-electron chi connectivity index (χ2n) is 5.38. The van der Waals surface area contributed by atoms with Crippen LogP contribution in [-0.4, -0.2) is 33.5 Å². The molecule has 0 radical (unpaired) electrons. The summed E-state index contributed by atoms with van der Waals surface area (Å²) >= 11 is 6.38. The SMILES string of the molecule is CCNC(c1ccc(OC)c(Cl)c1OC)C1COC(C)C1. The van der Waals surface area contributed by atoms with Gasteiger partial charge in [-0.05, 0) is 32.0 Å². The van der Waals surface area contributed by atoms with Crippen LogP contribution in [0.1, 0.15) is 31.9 Å². The Hall–Kier alpha value is -0.970. The van der Waals surface area contributed by atoms with Crippen LogP contribution in [0.5, 0.6) is 11.5 Å². The van der Waals surface area contributed by atoms with Crippen molar-refractivity contribution in [3.63, 3.8) is 0 Å². The lowest BCUT2D eigenvalue weighted by molar-refractivity contribution is 0.117. The summed E-state index contributed by atoms with van der Waals surface area (Å²) in [5.74, 6) is 1.73. The van der Waals surface area contributed by atoms with Gasteiger partial charge in [0.1, 0.15) is 16.5 Å². The van der Waals surface area contributed by atoms with E-state index < -0.39 is 0 Å². The largest absolute Gasteiger partial charge is 0.495 e. The van der Waals surface area contributed by atoms with Gasteiger partial charge in [0.05, 0.1) is 26.9 Å². The van der Waals surface area contributed by atoms with E-state index in [4.69, 9.17) is 25.8 Å². The third-order valence-corrected chi connectivity index (χ3v) is 4.33. The second-order valence-corrected chi connectivity index (χ2v) is 5.76. The topological polar surface area (TPSA) is 39.7 Å². The third kappa shape index (κ3) is 3.44. The molecule has 1 N–H and O–H groups in total. The minimum atomic E-state index is 0.165. The van der Waals surface area contributed by atoms with E-state index >= 15 is 0 Å². The van der Waals surface area contributed by atoms with Crippen LogP contribution in [0.25, 0.3) is 0 Å². The van der Waals surface area contributed by atoms with Gasteiger partial charge in [-0.3, -0.25) is 0 Å². The molecule has 0 saturated carbocycles. The first kappa shape index (κ1) is 16.4. The monoisotopic (exact) mass is 313 g/mol. The van der Waals surface area contributed by atoms with E-state index in [0.29, 0.717) is 28.5 Å². The molecule has 5 heteroatoms. The Morgan fingerprint density at radius 1 is 1.38 bits per heavy atom. The summed E-state index contributed by atoms with van der Waals surface area (Å²) in [6.07, 6.45) is 1.33. The highest BCUT2D eigenvalue weighted by atomic mass is 35.5. The minimum Gasteiger partial charge on any atom is -0.495 e. The summed E-state index contributed by atoms with van der Waals surface area (Å²) < 4.78 is 16.5. The fourth-order valence-corrected chi connectivity index (χ4v) is 3.32. The minimum absolute atomic E-state index is 0.165. The van der Waals surface area contributed by atoms with Crippen molar-refractivity contribution in [3.05, 3.63) is 22.7 Å². The highest BCUT2D eigenvalue weighted by Crippen LogP contribution is 2.43. The van der Waals surface area contributed by atoms with Crippen molar-refractivity contribution in [2.24, 2.45) is 5.92 Å². The smallest absolute Gasteiger partial charge is 0.146 e. The van der Waals surface area contributed by atoms with E-state index in [0.717, 1.165) is 25.1 Å². The molecule has 2 rings (SSSR count). The molecule has 1 aliphatic rings. The number of hydrogen-bond acceptors (Lipinski definition) is 4. The number of nitrogens with one attached hydrogen (secondary N) is 1. The fourth-order valence-electron chi connectivity index (χ4n) is 3.00. The van der Waals surface area contributed by atoms with Crippen molar-refractivity contribution < 1.29 is 14.2 Å². The van der Waals surface area contributed by atoms with E-state index in [1.807, 2.05) is 12.1 Å². The molecule has 0 spiro atoms. The van der Waals surface area contributed by atoms with Gasteiger partial charge in [0.2, 0.25) is 0 Å². The quantitative estimate of drug-likeness (QED) is 0.873. The maximum absolute atomic E-state index is 6.38. The highest BCUT2D eigenvalue weighted by molar-refractivity contribution is 6.33. The summed E-state index contributed by atoms with van der Waals surface area (Å²) in [4.78, 5) is 0. The van der Waals surface area contributed by atoms with Gasteiger partial charge in [0.25, 0.3) is 0 Å². The predicted molar refractivity (Wildman–Crippen MR) is 84.5 cm³/mol. The second kappa shape index (κ2) is 7.34. The zero-order valence-corrected chi connectivity index (χ0v) is 13.9. The van der Waals surface area contributed by atoms with Gasteiger partial charge in [0.15, 0.2) is 0 Å². The Kier molecular flexibility index (Phi) is 5.73. The molecule has 1 saturated heterocycles. The van der Waals surface area contributed by atoms with E-state index in [9.17, 15) is 0 Å². The van der Waals surface area contributed by atoms with Crippen LogP contribution >= 0.6 is 11.6 Å². The zero-order chi connectivity index (χ0) is 15.4. The summed E-state index contributed by atoms with van der Waals surface area (Å²) in [7, 11) is 3.25. The number of rotatable bonds is 6. The van der Waals surface area contributed by atoms with Gasteiger partial charge >= 0.3 is 0 Å². The van der Waals surface area contributed by atoms with Crippen molar-refractivity contribution in [2.45, 2.75) is 32.4 Å². The molecule has 1 heterocycles. The van der Waals surface area contributed by atoms with Gasteiger partial charge in [-0.2, -0.15) is 0 Å². The van der Waals surface area contributed by atoms with Crippen molar-refractivity contribution in [1.82, 2.24) is 5.32 Å². The number of hydrogen-bond donors (Lipinski definition) is 1. The van der Waals surface area contributed by atoms with Crippen molar-refractivity contribution in [2.75, 3.05) is 27.4 Å². The highest BCUT2D eigenvalue weighted by Gasteiger charge is 2.32. The molecule has 4 nitrogen and oxygen atoms in total. The van der Waals surface area contributed by atoms with Crippen LogP contribution in [0.3, 0.4) is 0 Å². The molecule has 1 aromatic rings. The molecular weight excluding hydrogens is 290 g/mol. The van der Waals surface area contributed by atoms with Crippen LogP contribution in [0.2, 0.25) is 5.02 Å². The van der Waals surface area contributed by atoms with Crippen molar-refractivity contribution in [3.8, 4) is 11.5 Å². The maximum Gasteiger partial charge on any atom is 0.146 e. The van der Waals surface area contributed by atoms with Crippen LogP contribution in [0, 0.1) is 5.92 Å².